The summed E-state index contributed by atoms with van der Waals surface area (Å²) in [6.45, 7) is 1.67. The summed E-state index contributed by atoms with van der Waals surface area (Å²) in [4.78, 5) is 12.0. The van der Waals surface area contributed by atoms with Crippen LogP contribution >= 0.6 is 0 Å². The van der Waals surface area contributed by atoms with Crippen LogP contribution in [0.15, 0.2) is 42.5 Å². The van der Waals surface area contributed by atoms with Crippen LogP contribution in [0.4, 0.5) is 0 Å². The van der Waals surface area contributed by atoms with E-state index in [4.69, 9.17) is 0 Å². The predicted molar refractivity (Wildman–Crippen MR) is 69.0 cm³/mol. The minimum Gasteiger partial charge on any atom is -0.508 e. The summed E-state index contributed by atoms with van der Waals surface area (Å²) < 4.78 is 0. The first-order valence-electron chi connectivity index (χ1n) is 5.67. The number of aryl methyl sites for hydroxylation is 1. The highest BCUT2D eigenvalue weighted by molar-refractivity contribution is 6.00. The van der Waals surface area contributed by atoms with Gasteiger partial charge in [0.25, 0.3) is 0 Å². The molecule has 3 heteroatoms. The maximum Gasteiger partial charge on any atom is 0.171 e. The lowest BCUT2D eigenvalue weighted by Crippen LogP contribution is -2.04. The molecule has 2 N–H and O–H groups in total. The lowest BCUT2D eigenvalue weighted by molar-refractivity contribution is 0.0990. The summed E-state index contributed by atoms with van der Waals surface area (Å²) >= 11 is 0. The molecule has 0 spiro atoms. The average molecular weight is 242 g/mol. The van der Waals surface area contributed by atoms with Gasteiger partial charge in [-0.25, -0.2) is 0 Å². The van der Waals surface area contributed by atoms with Crippen molar-refractivity contribution in [1.29, 1.82) is 0 Å². The van der Waals surface area contributed by atoms with E-state index in [-0.39, 0.29) is 29.3 Å². The monoisotopic (exact) mass is 242 g/mol. The van der Waals surface area contributed by atoms with Gasteiger partial charge in [-0.15, -0.1) is 0 Å². The third-order valence-electron chi connectivity index (χ3n) is 2.82. The van der Waals surface area contributed by atoms with E-state index in [9.17, 15) is 15.0 Å². The van der Waals surface area contributed by atoms with Crippen LogP contribution in [0.5, 0.6) is 11.5 Å². The van der Waals surface area contributed by atoms with Crippen LogP contribution in [-0.2, 0) is 6.42 Å². The first kappa shape index (κ1) is 12.2. The fourth-order valence-corrected chi connectivity index (χ4v) is 1.78. The van der Waals surface area contributed by atoms with Gasteiger partial charge in [0.1, 0.15) is 11.5 Å². The Hall–Kier alpha value is -2.29. The van der Waals surface area contributed by atoms with E-state index in [0.29, 0.717) is 5.56 Å². The number of Topliss-reactive ketones (excluding diaryl/α,β-unsaturated/α-hetero) is 1. The van der Waals surface area contributed by atoms with Gasteiger partial charge < -0.3 is 10.2 Å². The Labute approximate surface area is 105 Å². The van der Waals surface area contributed by atoms with Crippen LogP contribution in [0, 0.1) is 6.92 Å². The zero-order valence-electron chi connectivity index (χ0n) is 10.1. The fourth-order valence-electron chi connectivity index (χ4n) is 1.78. The molecular formula is C15H14O3. The van der Waals surface area contributed by atoms with Crippen molar-refractivity contribution in [2.45, 2.75) is 13.3 Å². The minimum atomic E-state index is -0.214. The van der Waals surface area contributed by atoms with E-state index in [1.165, 1.54) is 12.1 Å². The van der Waals surface area contributed by atoms with Crippen LogP contribution in [0.25, 0.3) is 0 Å². The number of hydrogen-bond donors (Lipinski definition) is 2. The minimum absolute atomic E-state index is 0.0178. The van der Waals surface area contributed by atoms with Gasteiger partial charge in [-0.05, 0) is 30.2 Å². The van der Waals surface area contributed by atoms with E-state index < -0.39 is 0 Å². The lowest BCUT2D eigenvalue weighted by atomic mass is 10.0. The van der Waals surface area contributed by atoms with Crippen molar-refractivity contribution in [2.24, 2.45) is 0 Å². The summed E-state index contributed by atoms with van der Waals surface area (Å²) in [7, 11) is 0. The van der Waals surface area contributed by atoms with Crippen LogP contribution in [0.1, 0.15) is 21.5 Å². The van der Waals surface area contributed by atoms with Crippen molar-refractivity contribution in [3.05, 3.63) is 59.2 Å². The summed E-state index contributed by atoms with van der Waals surface area (Å²) in [6.07, 6.45) is 0.205. The molecule has 0 heterocycles. The van der Waals surface area contributed by atoms with Gasteiger partial charge in [0.05, 0.1) is 5.56 Å². The largest absolute Gasteiger partial charge is 0.508 e. The van der Waals surface area contributed by atoms with Gasteiger partial charge in [0, 0.05) is 6.42 Å². The summed E-state index contributed by atoms with van der Waals surface area (Å²) in [5.74, 6) is -0.288. The van der Waals surface area contributed by atoms with E-state index >= 15 is 0 Å². The molecule has 3 nitrogen and oxygen atoms in total. The van der Waals surface area contributed by atoms with Gasteiger partial charge in [0.2, 0.25) is 0 Å². The molecule has 0 aliphatic rings. The molecule has 0 unspecified atom stereocenters. The molecule has 0 aliphatic heterocycles. The molecule has 0 saturated carbocycles. The van der Waals surface area contributed by atoms with E-state index in [0.717, 1.165) is 5.56 Å². The van der Waals surface area contributed by atoms with Crippen molar-refractivity contribution in [2.75, 3.05) is 0 Å². The molecule has 18 heavy (non-hydrogen) atoms. The summed E-state index contributed by atoms with van der Waals surface area (Å²) in [5.41, 5.74) is 1.58. The molecule has 0 amide bonds. The van der Waals surface area contributed by atoms with Crippen LogP contribution < -0.4 is 0 Å². The highest BCUT2D eigenvalue weighted by atomic mass is 16.3. The Morgan fingerprint density at radius 3 is 2.39 bits per heavy atom. The third-order valence-corrected chi connectivity index (χ3v) is 2.82. The molecule has 0 bridgehead atoms. The molecular weight excluding hydrogens is 228 g/mol. The van der Waals surface area contributed by atoms with Gasteiger partial charge in [-0.2, -0.15) is 0 Å². The first-order valence-corrected chi connectivity index (χ1v) is 5.67. The molecule has 2 aromatic rings. The Morgan fingerprint density at radius 2 is 1.72 bits per heavy atom. The number of carbonyl (C=O) groups excluding carboxylic acids is 1. The van der Waals surface area contributed by atoms with Crippen LogP contribution in [0.3, 0.4) is 0 Å². The van der Waals surface area contributed by atoms with Crippen molar-refractivity contribution in [3.63, 3.8) is 0 Å². The number of hydrogen-bond acceptors (Lipinski definition) is 3. The molecule has 92 valence electrons. The smallest absolute Gasteiger partial charge is 0.171 e. The molecule has 0 aliphatic carbocycles. The Bertz CT molecular complexity index is 574. The van der Waals surface area contributed by atoms with E-state index in [2.05, 4.69) is 0 Å². The highest BCUT2D eigenvalue weighted by Gasteiger charge is 2.14. The topological polar surface area (TPSA) is 57.5 Å². The molecule has 0 saturated heterocycles. The zero-order valence-corrected chi connectivity index (χ0v) is 10.1. The van der Waals surface area contributed by atoms with Crippen molar-refractivity contribution in [3.8, 4) is 11.5 Å². The van der Waals surface area contributed by atoms with Gasteiger partial charge in [0.15, 0.2) is 5.78 Å². The number of phenols is 2. The van der Waals surface area contributed by atoms with Crippen LogP contribution in [0.2, 0.25) is 0 Å². The van der Waals surface area contributed by atoms with E-state index in [1.54, 1.807) is 6.92 Å². The summed E-state index contributed by atoms with van der Waals surface area (Å²) in [5, 5.41) is 19.3. The van der Waals surface area contributed by atoms with E-state index in [1.807, 2.05) is 30.3 Å². The second kappa shape index (κ2) is 4.92. The first-order chi connectivity index (χ1) is 8.58. The lowest BCUT2D eigenvalue weighted by Gasteiger charge is -2.07. The number of ketones is 1. The van der Waals surface area contributed by atoms with Gasteiger partial charge in [-0.1, -0.05) is 30.3 Å². The van der Waals surface area contributed by atoms with Crippen molar-refractivity contribution < 1.29 is 15.0 Å². The van der Waals surface area contributed by atoms with Crippen molar-refractivity contribution in [1.82, 2.24) is 0 Å². The Kier molecular flexibility index (Phi) is 3.33. The normalized spacial score (nSPS) is 10.3. The standard InChI is InChI=1S/C15H14O3/c1-10-7-14(17)12(9-13(10)16)15(18)8-11-5-3-2-4-6-11/h2-7,9,16-17H,8H2,1H3. The second-order valence-corrected chi connectivity index (χ2v) is 4.24. The molecule has 0 aromatic heterocycles. The maximum absolute atomic E-state index is 12.0. The van der Waals surface area contributed by atoms with Crippen LogP contribution in [-0.4, -0.2) is 16.0 Å². The third kappa shape index (κ3) is 2.51. The molecule has 0 atom stereocenters. The summed E-state index contributed by atoms with van der Waals surface area (Å²) in [6, 6.07) is 12.0. The Morgan fingerprint density at radius 1 is 1.06 bits per heavy atom. The zero-order chi connectivity index (χ0) is 13.1. The number of benzene rings is 2. The second-order valence-electron chi connectivity index (χ2n) is 4.24. The highest BCUT2D eigenvalue weighted by Crippen LogP contribution is 2.27. The number of phenolic OH excluding ortho intramolecular Hbond substituents is 2. The van der Waals surface area contributed by atoms with Gasteiger partial charge in [-0.3, -0.25) is 4.79 Å². The molecule has 0 radical (unpaired) electrons. The fraction of sp³-hybridized carbons (Fsp3) is 0.133. The quantitative estimate of drug-likeness (QED) is 0.642. The molecule has 2 aromatic carbocycles. The average Bonchev–Trinajstić information content (AvgIpc) is 2.35. The predicted octanol–water partition coefficient (Wildman–Crippen LogP) is 2.83. The SMILES string of the molecule is Cc1cc(O)c(C(=O)Cc2ccccc2)cc1O. The number of aromatic hydroxyl groups is 2. The maximum atomic E-state index is 12.0. The molecule has 2 rings (SSSR count). The number of rotatable bonds is 3. The molecule has 0 fully saturated rings. The Balaban J connectivity index is 2.27. The number of carbonyl (C=O) groups is 1. The van der Waals surface area contributed by atoms with Gasteiger partial charge >= 0.3 is 0 Å². The van der Waals surface area contributed by atoms with Crippen molar-refractivity contribution >= 4 is 5.78 Å².